The van der Waals surface area contributed by atoms with Crippen molar-refractivity contribution in [2.75, 3.05) is 6.61 Å². The van der Waals surface area contributed by atoms with Crippen molar-refractivity contribution in [2.45, 2.75) is 38.5 Å². The highest BCUT2D eigenvalue weighted by Crippen LogP contribution is 2.05. The SMILES string of the molecule is C[C@H](CO)S(=O)(=O)NC(C)(C)C. The number of hydrogen-bond donors (Lipinski definition) is 2. The van der Waals surface area contributed by atoms with Crippen LogP contribution in [-0.4, -0.2) is 30.9 Å². The van der Waals surface area contributed by atoms with Crippen molar-refractivity contribution in [3.05, 3.63) is 0 Å². The second-order valence-corrected chi connectivity index (χ2v) is 5.99. The Morgan fingerprint density at radius 2 is 1.83 bits per heavy atom. The summed E-state index contributed by atoms with van der Waals surface area (Å²) in [4.78, 5) is 0. The standard InChI is InChI=1S/C7H17NO3S/c1-6(5-9)12(10,11)8-7(2,3)4/h6,8-9H,5H2,1-4H3/t6-/m1/s1. The fourth-order valence-electron chi connectivity index (χ4n) is 0.625. The summed E-state index contributed by atoms with van der Waals surface area (Å²) in [5.41, 5.74) is -0.484. The first-order valence-electron chi connectivity index (χ1n) is 3.82. The molecule has 0 aliphatic rings. The van der Waals surface area contributed by atoms with Crippen LogP contribution in [0.2, 0.25) is 0 Å². The molecule has 0 aromatic heterocycles. The Balaban J connectivity index is 4.45. The molecule has 12 heavy (non-hydrogen) atoms. The summed E-state index contributed by atoms with van der Waals surface area (Å²) < 4.78 is 25.1. The van der Waals surface area contributed by atoms with Gasteiger partial charge < -0.3 is 5.11 Å². The molecule has 0 aromatic carbocycles. The van der Waals surface area contributed by atoms with Gasteiger partial charge in [0.2, 0.25) is 10.0 Å². The van der Waals surface area contributed by atoms with Crippen molar-refractivity contribution in [1.82, 2.24) is 4.72 Å². The van der Waals surface area contributed by atoms with Gasteiger partial charge in [0.05, 0.1) is 11.9 Å². The molecule has 5 heteroatoms. The zero-order chi connectivity index (χ0) is 9.99. The Morgan fingerprint density at radius 1 is 1.42 bits per heavy atom. The number of aliphatic hydroxyl groups is 1. The lowest BCUT2D eigenvalue weighted by Gasteiger charge is -2.22. The van der Waals surface area contributed by atoms with E-state index in [-0.39, 0.29) is 6.61 Å². The molecule has 0 radical (unpaired) electrons. The van der Waals surface area contributed by atoms with Crippen LogP contribution in [0.1, 0.15) is 27.7 Å². The van der Waals surface area contributed by atoms with Gasteiger partial charge in [-0.1, -0.05) is 0 Å². The van der Waals surface area contributed by atoms with E-state index in [9.17, 15) is 8.42 Å². The zero-order valence-electron chi connectivity index (χ0n) is 7.96. The third kappa shape index (κ3) is 4.04. The lowest BCUT2D eigenvalue weighted by atomic mass is 10.1. The first kappa shape index (κ1) is 11.9. The number of sulfonamides is 1. The average Bonchev–Trinajstić information content (AvgIpc) is 1.80. The summed E-state index contributed by atoms with van der Waals surface area (Å²) in [7, 11) is -3.37. The molecule has 0 aliphatic carbocycles. The number of rotatable bonds is 3. The van der Waals surface area contributed by atoms with Crippen LogP contribution >= 0.6 is 0 Å². The molecule has 0 aromatic rings. The van der Waals surface area contributed by atoms with E-state index in [1.54, 1.807) is 20.8 Å². The normalized spacial score (nSPS) is 16.1. The van der Waals surface area contributed by atoms with E-state index in [2.05, 4.69) is 4.72 Å². The lowest BCUT2D eigenvalue weighted by Crippen LogP contribution is -2.45. The van der Waals surface area contributed by atoms with E-state index >= 15 is 0 Å². The maximum atomic E-state index is 11.3. The molecule has 0 heterocycles. The van der Waals surface area contributed by atoms with Crippen molar-refractivity contribution in [1.29, 1.82) is 0 Å². The molecule has 0 bridgehead atoms. The predicted octanol–water partition coefficient (Wildman–Crippen LogP) is 0.0851. The fourth-order valence-corrected chi connectivity index (χ4v) is 1.88. The third-order valence-corrected chi connectivity index (χ3v) is 3.34. The van der Waals surface area contributed by atoms with Crippen LogP contribution < -0.4 is 4.72 Å². The predicted molar refractivity (Wildman–Crippen MR) is 48.4 cm³/mol. The minimum atomic E-state index is -3.37. The van der Waals surface area contributed by atoms with Gasteiger partial charge in [0, 0.05) is 5.54 Å². The van der Waals surface area contributed by atoms with Gasteiger partial charge in [0.25, 0.3) is 0 Å². The van der Waals surface area contributed by atoms with Crippen LogP contribution in [0.4, 0.5) is 0 Å². The second-order valence-electron chi connectivity index (χ2n) is 3.89. The third-order valence-electron chi connectivity index (χ3n) is 1.24. The lowest BCUT2D eigenvalue weighted by molar-refractivity contribution is 0.293. The molecule has 0 aliphatic heterocycles. The number of nitrogens with one attached hydrogen (secondary N) is 1. The van der Waals surface area contributed by atoms with E-state index in [0.717, 1.165) is 0 Å². The van der Waals surface area contributed by atoms with E-state index < -0.39 is 20.8 Å². The highest BCUT2D eigenvalue weighted by Gasteiger charge is 2.25. The molecule has 0 amide bonds. The van der Waals surface area contributed by atoms with Gasteiger partial charge in [0.15, 0.2) is 0 Å². The van der Waals surface area contributed by atoms with Gasteiger partial charge in [-0.25, -0.2) is 13.1 Å². The molecule has 0 saturated heterocycles. The second kappa shape index (κ2) is 3.72. The van der Waals surface area contributed by atoms with Crippen LogP contribution in [-0.2, 0) is 10.0 Å². The average molecular weight is 195 g/mol. The van der Waals surface area contributed by atoms with Crippen molar-refractivity contribution in [2.24, 2.45) is 0 Å². The van der Waals surface area contributed by atoms with Gasteiger partial charge in [-0.3, -0.25) is 0 Å². The molecule has 1 atom stereocenters. The minimum Gasteiger partial charge on any atom is -0.395 e. The number of hydrogen-bond acceptors (Lipinski definition) is 3. The van der Waals surface area contributed by atoms with E-state index in [1.807, 2.05) is 0 Å². The molecule has 4 nitrogen and oxygen atoms in total. The van der Waals surface area contributed by atoms with Crippen LogP contribution in [0.5, 0.6) is 0 Å². The summed E-state index contributed by atoms with van der Waals surface area (Å²) in [5, 5.41) is 7.90. The first-order valence-corrected chi connectivity index (χ1v) is 5.37. The van der Waals surface area contributed by atoms with Gasteiger partial charge in [-0.15, -0.1) is 0 Å². The summed E-state index contributed by atoms with van der Waals surface area (Å²) in [6, 6.07) is 0. The maximum absolute atomic E-state index is 11.3. The highest BCUT2D eigenvalue weighted by molar-refractivity contribution is 7.90. The zero-order valence-corrected chi connectivity index (χ0v) is 8.77. The van der Waals surface area contributed by atoms with Crippen molar-refractivity contribution in [3.8, 4) is 0 Å². The Morgan fingerprint density at radius 3 is 2.08 bits per heavy atom. The minimum absolute atomic E-state index is 0.356. The van der Waals surface area contributed by atoms with Gasteiger partial charge in [-0.2, -0.15) is 0 Å². The quantitative estimate of drug-likeness (QED) is 0.670. The largest absolute Gasteiger partial charge is 0.395 e. The molecule has 0 fully saturated rings. The van der Waals surface area contributed by atoms with E-state index in [1.165, 1.54) is 6.92 Å². The molecule has 0 unspecified atom stereocenters. The molecular weight excluding hydrogens is 178 g/mol. The van der Waals surface area contributed by atoms with Crippen LogP contribution in [0.15, 0.2) is 0 Å². The Labute approximate surface area is 74.0 Å². The molecular formula is C7H17NO3S. The molecule has 0 spiro atoms. The van der Waals surface area contributed by atoms with E-state index in [0.29, 0.717) is 0 Å². The Kier molecular flexibility index (Phi) is 3.68. The highest BCUT2D eigenvalue weighted by atomic mass is 32.2. The first-order chi connectivity index (χ1) is 5.19. The summed E-state index contributed by atoms with van der Waals surface area (Å²) in [6.07, 6.45) is 0. The fraction of sp³-hybridized carbons (Fsp3) is 1.00. The Hall–Kier alpha value is -0.130. The smallest absolute Gasteiger partial charge is 0.216 e. The monoisotopic (exact) mass is 195 g/mol. The maximum Gasteiger partial charge on any atom is 0.216 e. The van der Waals surface area contributed by atoms with E-state index in [4.69, 9.17) is 5.11 Å². The summed E-state index contributed by atoms with van der Waals surface area (Å²) in [5.74, 6) is 0. The van der Waals surface area contributed by atoms with Crippen LogP contribution in [0, 0.1) is 0 Å². The van der Waals surface area contributed by atoms with Crippen molar-refractivity contribution >= 4 is 10.0 Å². The topological polar surface area (TPSA) is 66.4 Å². The molecule has 0 rings (SSSR count). The Bertz CT molecular complexity index is 228. The van der Waals surface area contributed by atoms with Gasteiger partial charge >= 0.3 is 0 Å². The summed E-state index contributed by atoms with van der Waals surface area (Å²) in [6.45, 7) is 6.39. The van der Waals surface area contributed by atoms with Crippen LogP contribution in [0.3, 0.4) is 0 Å². The van der Waals surface area contributed by atoms with Crippen molar-refractivity contribution < 1.29 is 13.5 Å². The molecule has 74 valence electrons. The van der Waals surface area contributed by atoms with Gasteiger partial charge in [-0.05, 0) is 27.7 Å². The van der Waals surface area contributed by atoms with Crippen molar-refractivity contribution in [3.63, 3.8) is 0 Å². The van der Waals surface area contributed by atoms with Gasteiger partial charge in [0.1, 0.15) is 0 Å². The molecule has 0 saturated carbocycles. The summed E-state index contributed by atoms with van der Waals surface area (Å²) >= 11 is 0. The van der Waals surface area contributed by atoms with Crippen LogP contribution in [0.25, 0.3) is 0 Å². The molecule has 2 N–H and O–H groups in total. The number of aliphatic hydroxyl groups excluding tert-OH is 1.